The molecule has 1 heterocycles. The molecule has 1 aromatic heterocycles. The number of imidazole rings is 1. The molecule has 3 aromatic rings. The summed E-state index contributed by atoms with van der Waals surface area (Å²) in [5.74, 6) is 0.0771. The summed E-state index contributed by atoms with van der Waals surface area (Å²) in [6, 6.07) is 19.8. The molecule has 0 saturated carbocycles. The second-order valence-corrected chi connectivity index (χ2v) is 7.98. The molecule has 0 fully saturated rings. The Hall–Kier alpha value is -3.59. The van der Waals surface area contributed by atoms with Crippen LogP contribution in [0.25, 0.3) is 0 Å². The van der Waals surface area contributed by atoms with Gasteiger partial charge in [0.1, 0.15) is 0 Å². The van der Waals surface area contributed by atoms with Gasteiger partial charge in [0.15, 0.2) is 0 Å². The SMILES string of the molecule is CC(C)C(=O)N(CCN(Cc1cncn1C)c1ccc(C#N)cc1)Cc1ccccc1. The summed E-state index contributed by atoms with van der Waals surface area (Å²) >= 11 is 0. The van der Waals surface area contributed by atoms with Crippen molar-refractivity contribution < 1.29 is 4.79 Å². The lowest BCUT2D eigenvalue weighted by molar-refractivity contribution is -0.135. The van der Waals surface area contributed by atoms with Crippen LogP contribution in [-0.4, -0.2) is 33.4 Å². The third-order valence-corrected chi connectivity index (χ3v) is 5.29. The molecule has 0 unspecified atom stereocenters. The maximum absolute atomic E-state index is 12.9. The summed E-state index contributed by atoms with van der Waals surface area (Å²) in [5, 5.41) is 9.12. The number of hydrogen-bond acceptors (Lipinski definition) is 4. The van der Waals surface area contributed by atoms with Gasteiger partial charge < -0.3 is 14.4 Å². The van der Waals surface area contributed by atoms with Gasteiger partial charge in [-0.15, -0.1) is 0 Å². The van der Waals surface area contributed by atoms with Crippen LogP contribution in [0, 0.1) is 17.2 Å². The van der Waals surface area contributed by atoms with Gasteiger partial charge in [-0.2, -0.15) is 5.26 Å². The van der Waals surface area contributed by atoms with Crippen LogP contribution in [0.15, 0.2) is 67.1 Å². The molecular formula is C25H29N5O. The normalized spacial score (nSPS) is 10.7. The number of aryl methyl sites for hydroxylation is 1. The first kappa shape index (κ1) is 22.1. The van der Waals surface area contributed by atoms with E-state index in [9.17, 15) is 4.79 Å². The van der Waals surface area contributed by atoms with Crippen molar-refractivity contribution in [2.75, 3.05) is 18.0 Å². The van der Waals surface area contributed by atoms with Gasteiger partial charge in [0.2, 0.25) is 5.91 Å². The van der Waals surface area contributed by atoms with Crippen molar-refractivity contribution >= 4 is 11.6 Å². The van der Waals surface area contributed by atoms with Crippen molar-refractivity contribution in [3.05, 3.63) is 83.9 Å². The predicted molar refractivity (Wildman–Crippen MR) is 122 cm³/mol. The van der Waals surface area contributed by atoms with E-state index in [1.54, 1.807) is 6.33 Å². The molecule has 1 amide bonds. The maximum Gasteiger partial charge on any atom is 0.225 e. The Kier molecular flexibility index (Phi) is 7.45. The summed E-state index contributed by atoms with van der Waals surface area (Å²) < 4.78 is 2.00. The summed E-state index contributed by atoms with van der Waals surface area (Å²) in [6.45, 7) is 6.40. The molecule has 0 spiro atoms. The summed E-state index contributed by atoms with van der Waals surface area (Å²) in [4.78, 5) is 21.3. The Morgan fingerprint density at radius 1 is 1.06 bits per heavy atom. The second-order valence-electron chi connectivity index (χ2n) is 7.98. The van der Waals surface area contributed by atoms with E-state index < -0.39 is 0 Å². The number of aromatic nitrogens is 2. The largest absolute Gasteiger partial charge is 0.364 e. The molecule has 2 aromatic carbocycles. The second kappa shape index (κ2) is 10.4. The monoisotopic (exact) mass is 415 g/mol. The molecule has 160 valence electrons. The fourth-order valence-corrected chi connectivity index (χ4v) is 3.46. The molecule has 3 rings (SSSR count). The van der Waals surface area contributed by atoms with Crippen molar-refractivity contribution in [3.63, 3.8) is 0 Å². The minimum atomic E-state index is -0.0656. The number of benzene rings is 2. The first-order valence-electron chi connectivity index (χ1n) is 10.5. The summed E-state index contributed by atoms with van der Waals surface area (Å²) in [5.41, 5.74) is 3.84. The smallest absolute Gasteiger partial charge is 0.225 e. The molecule has 31 heavy (non-hydrogen) atoms. The molecule has 0 N–H and O–H groups in total. The van der Waals surface area contributed by atoms with E-state index in [-0.39, 0.29) is 11.8 Å². The van der Waals surface area contributed by atoms with Crippen LogP contribution < -0.4 is 4.90 Å². The zero-order valence-corrected chi connectivity index (χ0v) is 18.4. The lowest BCUT2D eigenvalue weighted by Crippen LogP contribution is -2.40. The summed E-state index contributed by atoms with van der Waals surface area (Å²) in [7, 11) is 1.98. The fourth-order valence-electron chi connectivity index (χ4n) is 3.46. The van der Waals surface area contributed by atoms with Crippen molar-refractivity contribution in [3.8, 4) is 6.07 Å². The highest BCUT2D eigenvalue weighted by Gasteiger charge is 2.19. The van der Waals surface area contributed by atoms with Crippen molar-refractivity contribution in [1.29, 1.82) is 5.26 Å². The molecule has 0 saturated heterocycles. The molecular weight excluding hydrogens is 386 g/mol. The van der Waals surface area contributed by atoms with Gasteiger partial charge >= 0.3 is 0 Å². The number of nitrogens with zero attached hydrogens (tertiary/aromatic N) is 5. The Balaban J connectivity index is 1.80. The van der Waals surface area contributed by atoms with E-state index in [0.29, 0.717) is 31.7 Å². The maximum atomic E-state index is 12.9. The van der Waals surface area contributed by atoms with Crippen LogP contribution in [0.4, 0.5) is 5.69 Å². The molecule has 0 radical (unpaired) electrons. The Labute approximate surface area is 184 Å². The van der Waals surface area contributed by atoms with E-state index in [2.05, 4.69) is 28.1 Å². The molecule has 6 nitrogen and oxygen atoms in total. The van der Waals surface area contributed by atoms with Gasteiger partial charge in [-0.1, -0.05) is 44.2 Å². The van der Waals surface area contributed by atoms with Gasteiger partial charge in [-0.25, -0.2) is 4.98 Å². The number of rotatable bonds is 9. The predicted octanol–water partition coefficient (Wildman–Crippen LogP) is 3.98. The number of hydrogen-bond donors (Lipinski definition) is 0. The molecule has 0 bridgehead atoms. The van der Waals surface area contributed by atoms with E-state index in [4.69, 9.17) is 5.26 Å². The van der Waals surface area contributed by atoms with E-state index in [1.165, 1.54) is 0 Å². The Morgan fingerprint density at radius 2 is 1.77 bits per heavy atom. The zero-order valence-electron chi connectivity index (χ0n) is 18.4. The Morgan fingerprint density at radius 3 is 2.35 bits per heavy atom. The molecule has 0 aliphatic carbocycles. The number of amides is 1. The van der Waals surface area contributed by atoms with Gasteiger partial charge in [-0.05, 0) is 29.8 Å². The topological polar surface area (TPSA) is 65.2 Å². The average molecular weight is 416 g/mol. The standard InChI is InChI=1S/C25H29N5O/c1-20(2)25(31)30(17-22-7-5-4-6-8-22)14-13-29(18-24-16-27-19-28(24)3)23-11-9-21(15-26)10-12-23/h4-12,16,19-20H,13-14,17-18H2,1-3H3. The molecule has 0 aliphatic rings. The highest BCUT2D eigenvalue weighted by atomic mass is 16.2. The Bertz CT molecular complexity index is 1020. The molecule has 0 atom stereocenters. The van der Waals surface area contributed by atoms with Crippen LogP contribution in [0.3, 0.4) is 0 Å². The molecule has 0 aliphatic heterocycles. The van der Waals surface area contributed by atoms with Crippen molar-refractivity contribution in [2.24, 2.45) is 13.0 Å². The zero-order chi connectivity index (χ0) is 22.2. The quantitative estimate of drug-likeness (QED) is 0.530. The minimum Gasteiger partial charge on any atom is -0.364 e. The van der Waals surface area contributed by atoms with Crippen LogP contribution in [-0.2, 0) is 24.9 Å². The minimum absolute atomic E-state index is 0.0656. The number of anilines is 1. The number of carbonyl (C=O) groups is 1. The van der Waals surface area contributed by atoms with E-state index >= 15 is 0 Å². The fraction of sp³-hybridized carbons (Fsp3) is 0.320. The van der Waals surface area contributed by atoms with Crippen molar-refractivity contribution in [1.82, 2.24) is 14.5 Å². The summed E-state index contributed by atoms with van der Waals surface area (Å²) in [6.07, 6.45) is 3.65. The first-order valence-corrected chi connectivity index (χ1v) is 10.5. The third-order valence-electron chi connectivity index (χ3n) is 5.29. The van der Waals surface area contributed by atoms with Crippen LogP contribution in [0.1, 0.15) is 30.7 Å². The van der Waals surface area contributed by atoms with Gasteiger partial charge in [0, 0.05) is 44.5 Å². The van der Waals surface area contributed by atoms with Gasteiger partial charge in [-0.3, -0.25) is 4.79 Å². The third kappa shape index (κ3) is 5.95. The number of nitriles is 1. The van der Waals surface area contributed by atoms with Gasteiger partial charge in [0.05, 0.1) is 30.2 Å². The van der Waals surface area contributed by atoms with Gasteiger partial charge in [0.25, 0.3) is 0 Å². The van der Waals surface area contributed by atoms with Crippen LogP contribution >= 0.6 is 0 Å². The van der Waals surface area contributed by atoms with Crippen molar-refractivity contribution in [2.45, 2.75) is 26.9 Å². The van der Waals surface area contributed by atoms with E-state index in [0.717, 1.165) is 16.9 Å². The first-order chi connectivity index (χ1) is 15.0. The lowest BCUT2D eigenvalue weighted by atomic mass is 10.1. The molecule has 6 heteroatoms. The highest BCUT2D eigenvalue weighted by Crippen LogP contribution is 2.19. The lowest BCUT2D eigenvalue weighted by Gasteiger charge is -2.30. The number of carbonyl (C=O) groups excluding carboxylic acids is 1. The van der Waals surface area contributed by atoms with Crippen LogP contribution in [0.5, 0.6) is 0 Å². The highest BCUT2D eigenvalue weighted by molar-refractivity contribution is 5.78. The van der Waals surface area contributed by atoms with Crippen LogP contribution in [0.2, 0.25) is 0 Å². The van der Waals surface area contributed by atoms with E-state index in [1.807, 2.05) is 79.0 Å². The average Bonchev–Trinajstić information content (AvgIpc) is 3.20.